The van der Waals surface area contributed by atoms with Crippen LogP contribution in [0.5, 0.6) is 0 Å². The molecule has 1 heterocycles. The van der Waals surface area contributed by atoms with Crippen LogP contribution in [0, 0.1) is 0 Å². The minimum Gasteiger partial charge on any atom is -0.352 e. The zero-order valence-electron chi connectivity index (χ0n) is 17.2. The van der Waals surface area contributed by atoms with Gasteiger partial charge < -0.3 is 20.9 Å². The van der Waals surface area contributed by atoms with Crippen LogP contribution in [0.4, 0.5) is 0 Å². The average Bonchev–Trinajstić information content (AvgIpc) is 2.82. The van der Waals surface area contributed by atoms with Crippen molar-refractivity contribution in [2.24, 2.45) is 0 Å². The molecular weight excluding hydrogens is 396 g/mol. The summed E-state index contributed by atoms with van der Waals surface area (Å²) in [4.78, 5) is 50.2. The molecular formula is C23H26N4O4. The smallest absolute Gasteiger partial charge is 0.251 e. The summed E-state index contributed by atoms with van der Waals surface area (Å²) in [5.74, 6) is -0.990. The molecule has 8 heteroatoms. The summed E-state index contributed by atoms with van der Waals surface area (Å²) < 4.78 is 0. The van der Waals surface area contributed by atoms with Crippen LogP contribution in [0.1, 0.15) is 33.6 Å². The molecule has 1 saturated heterocycles. The second kappa shape index (κ2) is 10.9. The lowest BCUT2D eigenvalue weighted by molar-refractivity contribution is -0.131. The van der Waals surface area contributed by atoms with Gasteiger partial charge in [-0.25, -0.2) is 0 Å². The molecule has 0 radical (unpaired) electrons. The summed E-state index contributed by atoms with van der Waals surface area (Å²) in [6.07, 6.45) is 1.24. The summed E-state index contributed by atoms with van der Waals surface area (Å²) in [7, 11) is 0. The first kappa shape index (κ1) is 22.0. The largest absolute Gasteiger partial charge is 0.352 e. The second-order valence-corrected chi connectivity index (χ2v) is 7.32. The van der Waals surface area contributed by atoms with Gasteiger partial charge in [0.1, 0.15) is 0 Å². The predicted molar refractivity (Wildman–Crippen MR) is 115 cm³/mol. The molecule has 0 aliphatic carbocycles. The maximum atomic E-state index is 12.4. The third-order valence-electron chi connectivity index (χ3n) is 5.09. The summed E-state index contributed by atoms with van der Waals surface area (Å²) in [5, 5.41) is 8.14. The molecule has 31 heavy (non-hydrogen) atoms. The van der Waals surface area contributed by atoms with E-state index in [1.807, 2.05) is 12.1 Å². The number of benzene rings is 2. The van der Waals surface area contributed by atoms with Crippen molar-refractivity contribution in [3.8, 4) is 0 Å². The van der Waals surface area contributed by atoms with E-state index < -0.39 is 0 Å². The van der Waals surface area contributed by atoms with Gasteiger partial charge in [-0.3, -0.25) is 19.2 Å². The van der Waals surface area contributed by atoms with Crippen LogP contribution in [0.15, 0.2) is 60.7 Å². The number of hydrogen-bond donors (Lipinski definition) is 3. The van der Waals surface area contributed by atoms with E-state index in [0.29, 0.717) is 37.1 Å². The molecule has 3 N–H and O–H groups in total. The Morgan fingerprint density at radius 2 is 1.23 bits per heavy atom. The Bertz CT molecular complexity index is 910. The molecule has 0 atom stereocenters. The number of carbonyl (C=O) groups is 4. The van der Waals surface area contributed by atoms with Crippen molar-refractivity contribution >= 4 is 23.6 Å². The van der Waals surface area contributed by atoms with E-state index in [1.54, 1.807) is 53.4 Å². The Balaban J connectivity index is 1.34. The van der Waals surface area contributed by atoms with Crippen LogP contribution in [0.25, 0.3) is 0 Å². The standard InChI is InChI=1S/C23H26N4O4/c28-20(15-24-22(30)17-7-3-1-4-8-17)26-19-11-13-27(14-12-19)21(29)16-25-23(31)18-9-5-2-6-10-18/h1-10,19H,11-16H2,(H,24,30)(H,25,31)(H,26,28). The summed E-state index contributed by atoms with van der Waals surface area (Å²) in [6.45, 7) is 0.845. The topological polar surface area (TPSA) is 108 Å². The van der Waals surface area contributed by atoms with E-state index in [4.69, 9.17) is 0 Å². The first-order valence-electron chi connectivity index (χ1n) is 10.3. The molecule has 0 spiro atoms. The Kier molecular flexibility index (Phi) is 7.75. The number of carbonyl (C=O) groups excluding carboxylic acids is 4. The molecule has 4 amide bonds. The molecule has 0 aromatic heterocycles. The molecule has 1 fully saturated rings. The highest BCUT2D eigenvalue weighted by Crippen LogP contribution is 2.10. The van der Waals surface area contributed by atoms with Gasteiger partial charge in [-0.15, -0.1) is 0 Å². The van der Waals surface area contributed by atoms with Gasteiger partial charge in [0.05, 0.1) is 13.1 Å². The molecule has 8 nitrogen and oxygen atoms in total. The number of rotatable bonds is 7. The predicted octanol–water partition coefficient (Wildman–Crippen LogP) is 0.954. The molecule has 0 saturated carbocycles. The number of likely N-dealkylation sites (tertiary alicyclic amines) is 1. The number of hydrogen-bond acceptors (Lipinski definition) is 4. The number of piperidine rings is 1. The van der Waals surface area contributed by atoms with Crippen molar-refractivity contribution in [2.45, 2.75) is 18.9 Å². The van der Waals surface area contributed by atoms with Crippen LogP contribution in [0.2, 0.25) is 0 Å². The fraction of sp³-hybridized carbons (Fsp3) is 0.304. The molecule has 0 unspecified atom stereocenters. The summed E-state index contributed by atoms with van der Waals surface area (Å²) in [6, 6.07) is 17.4. The second-order valence-electron chi connectivity index (χ2n) is 7.32. The summed E-state index contributed by atoms with van der Waals surface area (Å²) >= 11 is 0. The number of nitrogens with zero attached hydrogens (tertiary/aromatic N) is 1. The lowest BCUT2D eigenvalue weighted by Gasteiger charge is -2.32. The van der Waals surface area contributed by atoms with Gasteiger partial charge in [0, 0.05) is 30.3 Å². The van der Waals surface area contributed by atoms with Gasteiger partial charge in [0.2, 0.25) is 11.8 Å². The van der Waals surface area contributed by atoms with Crippen molar-refractivity contribution < 1.29 is 19.2 Å². The van der Waals surface area contributed by atoms with Crippen LogP contribution in [-0.2, 0) is 9.59 Å². The Labute approximate surface area is 181 Å². The summed E-state index contributed by atoms with van der Waals surface area (Å²) in [5.41, 5.74) is 1.01. The van der Waals surface area contributed by atoms with Crippen LogP contribution < -0.4 is 16.0 Å². The van der Waals surface area contributed by atoms with Gasteiger partial charge in [0.25, 0.3) is 11.8 Å². The maximum Gasteiger partial charge on any atom is 0.251 e. The average molecular weight is 422 g/mol. The SMILES string of the molecule is O=C(CNC(=O)c1ccccc1)NC1CCN(C(=O)CNC(=O)c2ccccc2)CC1. The zero-order chi connectivity index (χ0) is 22.1. The van der Waals surface area contributed by atoms with Crippen molar-refractivity contribution in [1.29, 1.82) is 0 Å². The van der Waals surface area contributed by atoms with Crippen molar-refractivity contribution in [2.75, 3.05) is 26.2 Å². The molecule has 3 rings (SSSR count). The van der Waals surface area contributed by atoms with Gasteiger partial charge in [0.15, 0.2) is 0 Å². The number of nitrogens with one attached hydrogen (secondary N) is 3. The molecule has 1 aliphatic rings. The van der Waals surface area contributed by atoms with E-state index >= 15 is 0 Å². The van der Waals surface area contributed by atoms with Crippen molar-refractivity contribution in [1.82, 2.24) is 20.9 Å². The lowest BCUT2D eigenvalue weighted by atomic mass is 10.0. The van der Waals surface area contributed by atoms with Crippen LogP contribution in [-0.4, -0.2) is 60.7 Å². The van der Waals surface area contributed by atoms with Crippen LogP contribution >= 0.6 is 0 Å². The Hall–Kier alpha value is -3.68. The zero-order valence-corrected chi connectivity index (χ0v) is 17.2. The van der Waals surface area contributed by atoms with E-state index in [-0.39, 0.29) is 42.8 Å². The molecule has 1 aliphatic heterocycles. The minimum atomic E-state index is -0.297. The van der Waals surface area contributed by atoms with Crippen molar-refractivity contribution in [3.05, 3.63) is 71.8 Å². The fourth-order valence-corrected chi connectivity index (χ4v) is 3.36. The normalized spacial score (nSPS) is 13.9. The van der Waals surface area contributed by atoms with Crippen molar-refractivity contribution in [3.63, 3.8) is 0 Å². The number of amides is 4. The molecule has 0 bridgehead atoms. The first-order chi connectivity index (χ1) is 15.0. The highest BCUT2D eigenvalue weighted by atomic mass is 16.2. The highest BCUT2D eigenvalue weighted by molar-refractivity contribution is 5.97. The first-order valence-corrected chi connectivity index (χ1v) is 10.3. The monoisotopic (exact) mass is 422 g/mol. The van der Waals surface area contributed by atoms with Crippen LogP contribution in [0.3, 0.4) is 0 Å². The van der Waals surface area contributed by atoms with E-state index in [2.05, 4.69) is 16.0 Å². The maximum absolute atomic E-state index is 12.4. The lowest BCUT2D eigenvalue weighted by Crippen LogP contribution is -2.50. The van der Waals surface area contributed by atoms with Gasteiger partial charge in [-0.05, 0) is 37.1 Å². The van der Waals surface area contributed by atoms with E-state index in [1.165, 1.54) is 0 Å². The minimum absolute atomic E-state index is 0.0518. The van der Waals surface area contributed by atoms with Gasteiger partial charge >= 0.3 is 0 Å². The quantitative estimate of drug-likeness (QED) is 0.618. The van der Waals surface area contributed by atoms with E-state index in [0.717, 1.165) is 0 Å². The highest BCUT2D eigenvalue weighted by Gasteiger charge is 2.24. The molecule has 2 aromatic rings. The van der Waals surface area contributed by atoms with Gasteiger partial charge in [-0.2, -0.15) is 0 Å². The van der Waals surface area contributed by atoms with Gasteiger partial charge in [-0.1, -0.05) is 36.4 Å². The third-order valence-corrected chi connectivity index (χ3v) is 5.09. The third kappa shape index (κ3) is 6.67. The van der Waals surface area contributed by atoms with E-state index in [9.17, 15) is 19.2 Å². The Morgan fingerprint density at radius 1 is 0.742 bits per heavy atom. The molecule has 162 valence electrons. The fourth-order valence-electron chi connectivity index (χ4n) is 3.36. The molecule has 2 aromatic carbocycles. The Morgan fingerprint density at radius 3 is 1.74 bits per heavy atom.